The van der Waals surface area contributed by atoms with E-state index >= 15 is 0 Å². The van der Waals surface area contributed by atoms with E-state index in [0.717, 1.165) is 5.69 Å². The van der Waals surface area contributed by atoms with E-state index in [1.165, 1.54) is 4.31 Å². The van der Waals surface area contributed by atoms with E-state index in [1.807, 2.05) is 13.8 Å². The van der Waals surface area contributed by atoms with Gasteiger partial charge in [0, 0.05) is 26.3 Å². The van der Waals surface area contributed by atoms with Crippen molar-refractivity contribution >= 4 is 10.2 Å². The van der Waals surface area contributed by atoms with Gasteiger partial charge in [0.15, 0.2) is 0 Å². The second-order valence-electron chi connectivity index (χ2n) is 4.85. The summed E-state index contributed by atoms with van der Waals surface area (Å²) in [5.74, 6) is 0. The first-order valence-electron chi connectivity index (χ1n) is 6.25. The molecule has 0 saturated carbocycles. The molecule has 19 heavy (non-hydrogen) atoms. The van der Waals surface area contributed by atoms with Gasteiger partial charge in [0.25, 0.3) is 10.2 Å². The van der Waals surface area contributed by atoms with Gasteiger partial charge in [-0.3, -0.25) is 4.68 Å². The second-order valence-corrected chi connectivity index (χ2v) is 6.60. The molecule has 0 aromatic carbocycles. The summed E-state index contributed by atoms with van der Waals surface area (Å²) in [6, 6.07) is 1.78. The van der Waals surface area contributed by atoms with Crippen LogP contribution in [0.3, 0.4) is 0 Å². The van der Waals surface area contributed by atoms with Gasteiger partial charge in [0.05, 0.1) is 24.4 Å². The van der Waals surface area contributed by atoms with Crippen molar-refractivity contribution in [2.75, 3.05) is 13.1 Å². The van der Waals surface area contributed by atoms with Gasteiger partial charge in [-0.25, -0.2) is 0 Å². The molecule has 8 heteroatoms. The third kappa shape index (κ3) is 3.53. The summed E-state index contributed by atoms with van der Waals surface area (Å²) in [5.41, 5.74) is 0.818. The second kappa shape index (κ2) is 5.58. The number of hydrogen-bond acceptors (Lipinski definition) is 4. The van der Waals surface area contributed by atoms with Crippen LogP contribution in [0, 0.1) is 0 Å². The van der Waals surface area contributed by atoms with Crippen LogP contribution in [-0.2, 0) is 28.5 Å². The molecule has 7 nitrogen and oxygen atoms in total. The van der Waals surface area contributed by atoms with Crippen LogP contribution in [0.4, 0.5) is 0 Å². The number of aromatic nitrogens is 2. The van der Waals surface area contributed by atoms with Crippen molar-refractivity contribution in [3.63, 3.8) is 0 Å². The Morgan fingerprint density at radius 1 is 1.42 bits per heavy atom. The van der Waals surface area contributed by atoms with Crippen LogP contribution in [0.2, 0.25) is 0 Å². The minimum absolute atomic E-state index is 0.0861. The molecule has 0 aliphatic carbocycles. The number of ether oxygens (including phenoxy) is 1. The minimum Gasteiger partial charge on any atom is -0.373 e. The molecule has 1 aliphatic rings. The molecule has 0 amide bonds. The monoisotopic (exact) mass is 288 g/mol. The Hall–Kier alpha value is -0.960. The smallest absolute Gasteiger partial charge is 0.279 e. The Kier molecular flexibility index (Phi) is 4.24. The van der Waals surface area contributed by atoms with Crippen molar-refractivity contribution in [3.05, 3.63) is 18.0 Å². The standard InChI is InChI=1S/C11H20N4O3S/c1-9-7-15(8-10(2)18-9)19(16,17)13-6-11-4-5-12-14(11)3/h4-5,9-10,13H,6-8H2,1-3H3. The van der Waals surface area contributed by atoms with Gasteiger partial charge in [-0.1, -0.05) is 0 Å². The zero-order chi connectivity index (χ0) is 14.0. The van der Waals surface area contributed by atoms with Gasteiger partial charge in [-0.2, -0.15) is 22.5 Å². The average molecular weight is 288 g/mol. The Morgan fingerprint density at radius 3 is 2.58 bits per heavy atom. The maximum Gasteiger partial charge on any atom is 0.279 e. The first-order chi connectivity index (χ1) is 8.88. The Bertz CT molecular complexity index is 518. The van der Waals surface area contributed by atoms with Crippen LogP contribution in [0.1, 0.15) is 19.5 Å². The summed E-state index contributed by atoms with van der Waals surface area (Å²) < 4.78 is 35.6. The number of aryl methyl sites for hydroxylation is 1. The van der Waals surface area contributed by atoms with Crippen molar-refractivity contribution < 1.29 is 13.2 Å². The van der Waals surface area contributed by atoms with E-state index in [9.17, 15) is 8.42 Å². The lowest BCUT2D eigenvalue weighted by Crippen LogP contribution is -2.51. The molecule has 2 rings (SSSR count). The van der Waals surface area contributed by atoms with E-state index in [0.29, 0.717) is 13.1 Å². The number of nitrogens with zero attached hydrogens (tertiary/aromatic N) is 3. The number of morpholine rings is 1. The van der Waals surface area contributed by atoms with Gasteiger partial charge in [0.1, 0.15) is 0 Å². The largest absolute Gasteiger partial charge is 0.373 e. The molecule has 0 bridgehead atoms. The van der Waals surface area contributed by atoms with Crippen molar-refractivity contribution in [2.45, 2.75) is 32.6 Å². The molecule has 2 heterocycles. The fourth-order valence-corrected chi connectivity index (χ4v) is 3.48. The highest BCUT2D eigenvalue weighted by Gasteiger charge is 2.30. The molecule has 0 spiro atoms. The summed E-state index contributed by atoms with van der Waals surface area (Å²) in [7, 11) is -1.70. The van der Waals surface area contributed by atoms with E-state index < -0.39 is 10.2 Å². The van der Waals surface area contributed by atoms with Crippen molar-refractivity contribution in [2.24, 2.45) is 7.05 Å². The fraction of sp³-hybridized carbons (Fsp3) is 0.727. The molecule has 1 N–H and O–H groups in total. The van der Waals surface area contributed by atoms with Crippen molar-refractivity contribution in [1.82, 2.24) is 18.8 Å². The molecule has 108 valence electrons. The number of rotatable bonds is 4. The number of nitrogens with one attached hydrogen (secondary N) is 1. The van der Waals surface area contributed by atoms with Gasteiger partial charge in [0.2, 0.25) is 0 Å². The third-order valence-electron chi connectivity index (χ3n) is 3.08. The van der Waals surface area contributed by atoms with Crippen LogP contribution in [0.15, 0.2) is 12.3 Å². The molecule has 1 aromatic rings. The summed E-state index contributed by atoms with van der Waals surface area (Å²) in [6.45, 7) is 4.74. The summed E-state index contributed by atoms with van der Waals surface area (Å²) in [5, 5.41) is 4.00. The predicted octanol–water partition coefficient (Wildman–Crippen LogP) is -0.136. The summed E-state index contributed by atoms with van der Waals surface area (Å²) in [4.78, 5) is 0. The van der Waals surface area contributed by atoms with E-state index in [2.05, 4.69) is 9.82 Å². The topological polar surface area (TPSA) is 76.5 Å². The average Bonchev–Trinajstić information content (AvgIpc) is 2.71. The highest BCUT2D eigenvalue weighted by molar-refractivity contribution is 7.87. The van der Waals surface area contributed by atoms with Crippen LogP contribution < -0.4 is 4.72 Å². The molecular formula is C11H20N4O3S. The van der Waals surface area contributed by atoms with Gasteiger partial charge >= 0.3 is 0 Å². The molecular weight excluding hydrogens is 268 g/mol. The third-order valence-corrected chi connectivity index (χ3v) is 4.57. The highest BCUT2D eigenvalue weighted by atomic mass is 32.2. The first-order valence-corrected chi connectivity index (χ1v) is 7.69. The van der Waals surface area contributed by atoms with E-state index in [-0.39, 0.29) is 18.8 Å². The number of hydrogen-bond donors (Lipinski definition) is 1. The van der Waals surface area contributed by atoms with Gasteiger partial charge in [-0.05, 0) is 19.9 Å². The SMILES string of the molecule is CC1CN(S(=O)(=O)NCc2ccnn2C)CC(C)O1. The van der Waals surface area contributed by atoms with Crippen LogP contribution >= 0.6 is 0 Å². The molecule has 2 atom stereocenters. The van der Waals surface area contributed by atoms with Crippen LogP contribution in [0.25, 0.3) is 0 Å². The van der Waals surface area contributed by atoms with E-state index in [4.69, 9.17) is 4.74 Å². The fourth-order valence-electron chi connectivity index (χ4n) is 2.16. The first kappa shape index (κ1) is 14.4. The predicted molar refractivity (Wildman–Crippen MR) is 70.5 cm³/mol. The molecule has 1 saturated heterocycles. The molecule has 1 fully saturated rings. The molecule has 1 aromatic heterocycles. The maximum atomic E-state index is 12.2. The molecule has 2 unspecified atom stereocenters. The Balaban J connectivity index is 2.00. The zero-order valence-electron chi connectivity index (χ0n) is 11.4. The lowest BCUT2D eigenvalue weighted by molar-refractivity contribution is -0.0444. The minimum atomic E-state index is -3.48. The van der Waals surface area contributed by atoms with Crippen LogP contribution in [0.5, 0.6) is 0 Å². The molecule has 1 aliphatic heterocycles. The van der Waals surface area contributed by atoms with Gasteiger partial charge in [-0.15, -0.1) is 0 Å². The van der Waals surface area contributed by atoms with Crippen molar-refractivity contribution in [1.29, 1.82) is 0 Å². The lowest BCUT2D eigenvalue weighted by Gasteiger charge is -2.34. The van der Waals surface area contributed by atoms with Gasteiger partial charge < -0.3 is 4.74 Å². The summed E-state index contributed by atoms with van der Waals surface area (Å²) in [6.07, 6.45) is 1.47. The van der Waals surface area contributed by atoms with Crippen molar-refractivity contribution in [3.8, 4) is 0 Å². The van der Waals surface area contributed by atoms with Crippen LogP contribution in [-0.4, -0.2) is 47.8 Å². The normalized spacial score (nSPS) is 25.6. The Morgan fingerprint density at radius 2 is 2.05 bits per heavy atom. The molecule has 0 radical (unpaired) electrons. The summed E-state index contributed by atoms with van der Waals surface area (Å²) >= 11 is 0. The Labute approximate surface area is 113 Å². The highest BCUT2D eigenvalue weighted by Crippen LogP contribution is 2.13. The van der Waals surface area contributed by atoms with E-state index in [1.54, 1.807) is 24.0 Å². The zero-order valence-corrected chi connectivity index (χ0v) is 12.2. The quantitative estimate of drug-likeness (QED) is 0.837. The maximum absolute atomic E-state index is 12.2. The lowest BCUT2D eigenvalue weighted by atomic mass is 10.3.